The van der Waals surface area contributed by atoms with Gasteiger partial charge in [0.25, 0.3) is 0 Å². The van der Waals surface area contributed by atoms with Crippen molar-refractivity contribution in [3.8, 4) is 0 Å². The number of aliphatic hydroxyl groups is 1. The zero-order valence-corrected chi connectivity index (χ0v) is 8.58. The number of halogens is 1. The predicted octanol–water partition coefficient (Wildman–Crippen LogP) is 2.69. The van der Waals surface area contributed by atoms with Gasteiger partial charge < -0.3 is 9.84 Å². The normalized spacial score (nSPS) is 11.6. The molecule has 1 atom stereocenters. The maximum Gasteiger partial charge on any atom is 0.170 e. The molecule has 0 amide bonds. The van der Waals surface area contributed by atoms with Crippen LogP contribution in [0.3, 0.4) is 0 Å². The van der Waals surface area contributed by atoms with Gasteiger partial charge in [-0.1, -0.05) is 36.0 Å². The quantitative estimate of drug-likeness (QED) is 0.614. The Hall–Kier alpha value is -1.21. The van der Waals surface area contributed by atoms with Crippen molar-refractivity contribution in [2.24, 2.45) is 0 Å². The molecule has 0 saturated heterocycles. The largest absolute Gasteiger partial charge is 0.490 e. The summed E-state index contributed by atoms with van der Waals surface area (Å²) in [5, 5.41) is 10.4. The average molecular weight is 211 g/mol. The van der Waals surface area contributed by atoms with Gasteiger partial charge in [-0.2, -0.15) is 0 Å². The van der Waals surface area contributed by atoms with Gasteiger partial charge in [0, 0.05) is 5.02 Å². The molecular weight excluding hydrogens is 200 g/mol. The molecule has 0 aromatic heterocycles. The maximum atomic E-state index is 9.76. The van der Waals surface area contributed by atoms with Gasteiger partial charge in [-0.15, -0.1) is 0 Å². The Kier molecular flexibility index (Phi) is 3.78. The first-order valence-electron chi connectivity index (χ1n) is 4.06. The number of aliphatic hydroxyl groups excluding tert-OH is 1. The van der Waals surface area contributed by atoms with E-state index in [4.69, 9.17) is 16.3 Å². The minimum Gasteiger partial charge on any atom is -0.490 e. The van der Waals surface area contributed by atoms with Gasteiger partial charge >= 0.3 is 0 Å². The Labute approximate surface area is 88.1 Å². The predicted molar refractivity (Wildman–Crippen MR) is 56.1 cm³/mol. The van der Waals surface area contributed by atoms with Crippen LogP contribution in [0.2, 0.25) is 5.02 Å². The van der Waals surface area contributed by atoms with Crippen LogP contribution >= 0.6 is 11.6 Å². The van der Waals surface area contributed by atoms with Gasteiger partial charge in [-0.05, 0) is 17.7 Å². The Morgan fingerprint density at radius 3 is 2.50 bits per heavy atom. The van der Waals surface area contributed by atoms with Crippen molar-refractivity contribution in [2.75, 3.05) is 7.11 Å². The lowest BCUT2D eigenvalue weighted by Crippen LogP contribution is -2.02. The molecule has 0 aliphatic rings. The molecule has 1 N–H and O–H groups in total. The van der Waals surface area contributed by atoms with E-state index in [1.165, 1.54) is 7.11 Å². The van der Waals surface area contributed by atoms with Crippen molar-refractivity contribution >= 4 is 11.6 Å². The minimum atomic E-state index is -0.838. The molecule has 1 rings (SSSR count). The number of hydrogen-bond donors (Lipinski definition) is 1. The molecule has 74 valence electrons. The fourth-order valence-corrected chi connectivity index (χ4v) is 1.20. The number of rotatable bonds is 3. The van der Waals surface area contributed by atoms with Crippen molar-refractivity contribution in [3.63, 3.8) is 0 Å². The molecule has 1 aromatic carbocycles. The van der Waals surface area contributed by atoms with Gasteiger partial charge in [-0.3, -0.25) is 0 Å². The highest BCUT2D eigenvalue weighted by atomic mass is 35.5. The summed E-state index contributed by atoms with van der Waals surface area (Å²) < 4.78 is 4.91. The van der Waals surface area contributed by atoms with Crippen molar-refractivity contribution in [1.82, 2.24) is 0 Å². The average Bonchev–Trinajstić information content (AvgIpc) is 2.20. The zero-order valence-electron chi connectivity index (χ0n) is 7.83. The van der Waals surface area contributed by atoms with Crippen molar-refractivity contribution in [1.29, 1.82) is 0 Å². The summed E-state index contributed by atoms with van der Waals surface area (Å²) in [6.45, 7) is 3.42. The van der Waals surface area contributed by atoms with Crippen LogP contribution in [0.25, 0.3) is 0 Å². The second kappa shape index (κ2) is 4.87. The van der Waals surface area contributed by atoms with Gasteiger partial charge in [0.1, 0.15) is 6.10 Å². The van der Waals surface area contributed by atoms with E-state index in [0.717, 1.165) is 0 Å². The van der Waals surface area contributed by atoms with Crippen LogP contribution < -0.4 is 0 Å². The van der Waals surface area contributed by atoms with Crippen molar-refractivity contribution in [2.45, 2.75) is 6.10 Å². The molecule has 1 aromatic rings. The molecule has 0 saturated carbocycles. The van der Waals surface area contributed by atoms with Crippen LogP contribution in [-0.4, -0.2) is 12.2 Å². The highest BCUT2D eigenvalue weighted by Gasteiger charge is 2.12. The zero-order chi connectivity index (χ0) is 10.6. The standard InChI is InChI=1S/C11H11ClO2/c1-3-10(14-2)11(13)8-4-6-9(12)7-5-8/h4-7,11,13H,1H2,2H3. The summed E-state index contributed by atoms with van der Waals surface area (Å²) in [5.74, 6) is 0.298. The first-order valence-corrected chi connectivity index (χ1v) is 4.44. The van der Waals surface area contributed by atoms with E-state index in [-0.39, 0.29) is 0 Å². The molecule has 0 heterocycles. The molecule has 0 aliphatic carbocycles. The van der Waals surface area contributed by atoms with E-state index in [1.807, 2.05) is 0 Å². The van der Waals surface area contributed by atoms with Crippen LogP contribution in [0.4, 0.5) is 0 Å². The number of benzene rings is 1. The molecular formula is C11H11ClO2. The highest BCUT2D eigenvalue weighted by Crippen LogP contribution is 2.22. The molecule has 0 radical (unpaired) electrons. The third-order valence-electron chi connectivity index (χ3n) is 1.83. The second-order valence-corrected chi connectivity index (χ2v) is 3.14. The smallest absolute Gasteiger partial charge is 0.170 e. The molecule has 1 unspecified atom stereocenters. The third-order valence-corrected chi connectivity index (χ3v) is 2.08. The molecule has 0 fully saturated rings. The summed E-state index contributed by atoms with van der Waals surface area (Å²) in [4.78, 5) is 0. The summed E-state index contributed by atoms with van der Waals surface area (Å²) in [7, 11) is 1.46. The first-order chi connectivity index (χ1) is 6.69. The topological polar surface area (TPSA) is 29.5 Å². The SMILES string of the molecule is C=C=C(OC)C(O)c1ccc(Cl)cc1. The molecule has 0 spiro atoms. The number of ether oxygens (including phenoxy) is 1. The van der Waals surface area contributed by atoms with E-state index in [9.17, 15) is 5.11 Å². The minimum absolute atomic E-state index is 0.298. The Balaban J connectivity index is 2.94. The Bertz CT molecular complexity index is 350. The van der Waals surface area contributed by atoms with E-state index >= 15 is 0 Å². The summed E-state index contributed by atoms with van der Waals surface area (Å²) in [6.07, 6.45) is -0.838. The highest BCUT2D eigenvalue weighted by molar-refractivity contribution is 6.30. The fraction of sp³-hybridized carbons (Fsp3) is 0.182. The first kappa shape index (κ1) is 10.9. The van der Waals surface area contributed by atoms with Crippen LogP contribution in [0.15, 0.2) is 42.3 Å². The lowest BCUT2D eigenvalue weighted by molar-refractivity contribution is 0.130. The van der Waals surface area contributed by atoms with Crippen molar-refractivity contribution < 1.29 is 9.84 Å². The Morgan fingerprint density at radius 2 is 2.07 bits per heavy atom. The van der Waals surface area contributed by atoms with Crippen LogP contribution in [0.5, 0.6) is 0 Å². The lowest BCUT2D eigenvalue weighted by Gasteiger charge is -2.11. The van der Waals surface area contributed by atoms with Gasteiger partial charge in [0.2, 0.25) is 0 Å². The van der Waals surface area contributed by atoms with E-state index in [2.05, 4.69) is 12.3 Å². The number of methoxy groups -OCH3 is 1. The van der Waals surface area contributed by atoms with Gasteiger partial charge in [0.05, 0.1) is 7.11 Å². The Morgan fingerprint density at radius 1 is 1.50 bits per heavy atom. The van der Waals surface area contributed by atoms with Crippen LogP contribution in [0.1, 0.15) is 11.7 Å². The van der Waals surface area contributed by atoms with Gasteiger partial charge in [0.15, 0.2) is 5.76 Å². The summed E-state index contributed by atoms with van der Waals surface area (Å²) in [6, 6.07) is 6.86. The molecule has 14 heavy (non-hydrogen) atoms. The summed E-state index contributed by atoms with van der Waals surface area (Å²) in [5.41, 5.74) is 3.22. The lowest BCUT2D eigenvalue weighted by atomic mass is 10.1. The van der Waals surface area contributed by atoms with Crippen LogP contribution in [0, 0.1) is 0 Å². The molecule has 2 nitrogen and oxygen atoms in total. The van der Waals surface area contributed by atoms with Gasteiger partial charge in [-0.25, -0.2) is 0 Å². The number of hydrogen-bond acceptors (Lipinski definition) is 2. The molecule has 3 heteroatoms. The molecule has 0 bridgehead atoms. The van der Waals surface area contributed by atoms with E-state index in [1.54, 1.807) is 24.3 Å². The third kappa shape index (κ3) is 2.39. The van der Waals surface area contributed by atoms with E-state index in [0.29, 0.717) is 16.3 Å². The molecule has 0 aliphatic heterocycles. The fourth-order valence-electron chi connectivity index (χ4n) is 1.08. The maximum absolute atomic E-state index is 9.76. The monoisotopic (exact) mass is 210 g/mol. The second-order valence-electron chi connectivity index (χ2n) is 2.70. The van der Waals surface area contributed by atoms with Crippen LogP contribution in [-0.2, 0) is 4.74 Å². The van der Waals surface area contributed by atoms with E-state index < -0.39 is 6.10 Å². The van der Waals surface area contributed by atoms with Crippen molar-refractivity contribution in [3.05, 3.63) is 52.9 Å². The summed E-state index contributed by atoms with van der Waals surface area (Å²) >= 11 is 5.72.